The highest BCUT2D eigenvalue weighted by atomic mass is 16.7. The molecule has 2 rings (SSSR count). The van der Waals surface area contributed by atoms with E-state index in [-0.39, 0.29) is 24.3 Å². The second kappa shape index (κ2) is 7.32. The van der Waals surface area contributed by atoms with Crippen LogP contribution in [0.15, 0.2) is 42.5 Å². The average Bonchev–Trinajstić information content (AvgIpc) is 2.67. The third kappa shape index (κ3) is 4.95. The van der Waals surface area contributed by atoms with Crippen molar-refractivity contribution in [1.82, 2.24) is 0 Å². The summed E-state index contributed by atoms with van der Waals surface area (Å²) in [6, 6.07) is 9.11. The topological polar surface area (TPSA) is 44.8 Å². The molecule has 0 unspecified atom stereocenters. The summed E-state index contributed by atoms with van der Waals surface area (Å²) in [4.78, 5) is 11.7. The van der Waals surface area contributed by atoms with E-state index >= 15 is 0 Å². The van der Waals surface area contributed by atoms with E-state index < -0.39 is 0 Å². The molecule has 0 aliphatic carbocycles. The summed E-state index contributed by atoms with van der Waals surface area (Å²) in [6.45, 7) is 8.15. The monoisotopic (exact) mass is 316 g/mol. The first kappa shape index (κ1) is 17.8. The first-order valence-electron chi connectivity index (χ1n) is 8.06. The van der Waals surface area contributed by atoms with Gasteiger partial charge in [-0.2, -0.15) is 0 Å². The zero-order valence-electron chi connectivity index (χ0n) is 14.4. The molecule has 0 atom stereocenters. The molecule has 23 heavy (non-hydrogen) atoms. The van der Waals surface area contributed by atoms with Gasteiger partial charge in [0.25, 0.3) is 0 Å². The van der Waals surface area contributed by atoms with E-state index in [1.54, 1.807) is 12.1 Å². The summed E-state index contributed by atoms with van der Waals surface area (Å²) in [5, 5.41) is 0. The SMILES string of the molecule is CC1(C)OB(C/C=C\CCC(=O)Oc2ccccc2)OC1(C)C. The largest absolute Gasteiger partial charge is 0.461 e. The van der Waals surface area contributed by atoms with Crippen molar-refractivity contribution in [2.24, 2.45) is 0 Å². The fourth-order valence-corrected chi connectivity index (χ4v) is 2.26. The summed E-state index contributed by atoms with van der Waals surface area (Å²) in [7, 11) is -0.229. The molecule has 0 N–H and O–H groups in total. The highest BCUT2D eigenvalue weighted by Gasteiger charge is 2.50. The van der Waals surface area contributed by atoms with Crippen molar-refractivity contribution in [2.75, 3.05) is 0 Å². The van der Waals surface area contributed by atoms with Gasteiger partial charge in [0, 0.05) is 12.7 Å². The molecule has 1 fully saturated rings. The molecule has 124 valence electrons. The van der Waals surface area contributed by atoms with E-state index in [0.29, 0.717) is 24.9 Å². The molecule has 1 heterocycles. The summed E-state index contributed by atoms with van der Waals surface area (Å²) >= 11 is 0. The molecule has 5 heteroatoms. The zero-order chi connectivity index (χ0) is 16.9. The van der Waals surface area contributed by atoms with Gasteiger partial charge in [0.05, 0.1) is 11.2 Å². The second-order valence-electron chi connectivity index (χ2n) is 6.72. The summed E-state index contributed by atoms with van der Waals surface area (Å²) in [5.74, 6) is 0.357. The lowest BCUT2D eigenvalue weighted by molar-refractivity contribution is -0.134. The average molecular weight is 316 g/mol. The van der Waals surface area contributed by atoms with Gasteiger partial charge >= 0.3 is 13.1 Å². The number of hydrogen-bond donors (Lipinski definition) is 0. The first-order valence-corrected chi connectivity index (χ1v) is 8.06. The normalized spacial score (nSPS) is 19.2. The lowest BCUT2D eigenvalue weighted by Gasteiger charge is -2.32. The van der Waals surface area contributed by atoms with Gasteiger partial charge in [0.2, 0.25) is 0 Å². The predicted molar refractivity (Wildman–Crippen MR) is 91.3 cm³/mol. The Labute approximate surface area is 139 Å². The van der Waals surface area contributed by atoms with Crippen molar-refractivity contribution in [2.45, 2.75) is 58.1 Å². The van der Waals surface area contributed by atoms with Crippen molar-refractivity contribution >= 4 is 13.1 Å². The minimum atomic E-state index is -0.301. The van der Waals surface area contributed by atoms with Crippen LogP contribution in [0.3, 0.4) is 0 Å². The van der Waals surface area contributed by atoms with Gasteiger partial charge in [0.15, 0.2) is 0 Å². The Balaban J connectivity index is 1.67. The van der Waals surface area contributed by atoms with Crippen molar-refractivity contribution in [3.05, 3.63) is 42.5 Å². The van der Waals surface area contributed by atoms with E-state index in [9.17, 15) is 4.79 Å². The van der Waals surface area contributed by atoms with Crippen molar-refractivity contribution in [3.63, 3.8) is 0 Å². The third-order valence-electron chi connectivity index (χ3n) is 4.29. The van der Waals surface area contributed by atoms with Crippen molar-refractivity contribution in [3.8, 4) is 5.75 Å². The van der Waals surface area contributed by atoms with Gasteiger partial charge in [-0.3, -0.25) is 4.79 Å². The Hall–Kier alpha value is -1.59. The second-order valence-corrected chi connectivity index (χ2v) is 6.72. The maximum Gasteiger partial charge on any atom is 0.461 e. The smallest absolute Gasteiger partial charge is 0.427 e. The predicted octanol–water partition coefficient (Wildman–Crippen LogP) is 4.02. The minimum Gasteiger partial charge on any atom is -0.427 e. The van der Waals surface area contributed by atoms with Crippen LogP contribution in [0.25, 0.3) is 0 Å². The lowest BCUT2D eigenvalue weighted by atomic mass is 9.85. The number of allylic oxidation sites excluding steroid dienone is 2. The van der Waals surface area contributed by atoms with Gasteiger partial charge < -0.3 is 14.0 Å². The van der Waals surface area contributed by atoms with Crippen LogP contribution in [0.1, 0.15) is 40.5 Å². The minimum absolute atomic E-state index is 0.225. The van der Waals surface area contributed by atoms with Gasteiger partial charge in [-0.1, -0.05) is 30.4 Å². The van der Waals surface area contributed by atoms with Crippen LogP contribution in [0.2, 0.25) is 6.32 Å². The number of para-hydroxylation sites is 1. The third-order valence-corrected chi connectivity index (χ3v) is 4.29. The molecule has 0 radical (unpaired) electrons. The van der Waals surface area contributed by atoms with Crippen LogP contribution in [-0.2, 0) is 14.1 Å². The van der Waals surface area contributed by atoms with E-state index in [2.05, 4.69) is 0 Å². The van der Waals surface area contributed by atoms with Gasteiger partial charge in [0.1, 0.15) is 5.75 Å². The Morgan fingerprint density at radius 2 is 1.70 bits per heavy atom. The molecule has 1 aliphatic rings. The van der Waals surface area contributed by atoms with E-state index in [4.69, 9.17) is 14.0 Å². The molecular weight excluding hydrogens is 291 g/mol. The molecule has 4 nitrogen and oxygen atoms in total. The van der Waals surface area contributed by atoms with Crippen LogP contribution < -0.4 is 4.74 Å². The van der Waals surface area contributed by atoms with E-state index in [0.717, 1.165) is 0 Å². The van der Waals surface area contributed by atoms with Crippen molar-refractivity contribution in [1.29, 1.82) is 0 Å². The Kier molecular flexibility index (Phi) is 5.66. The zero-order valence-corrected chi connectivity index (χ0v) is 14.4. The molecule has 1 aromatic rings. The number of ether oxygens (including phenoxy) is 1. The summed E-state index contributed by atoms with van der Waals surface area (Å²) < 4.78 is 17.0. The van der Waals surface area contributed by atoms with Crippen LogP contribution in [0.5, 0.6) is 5.75 Å². The van der Waals surface area contributed by atoms with E-state index in [1.807, 2.05) is 58.0 Å². The number of hydrogen-bond acceptors (Lipinski definition) is 4. The summed E-state index contributed by atoms with van der Waals surface area (Å²) in [6.07, 6.45) is 5.65. The number of benzene rings is 1. The van der Waals surface area contributed by atoms with Gasteiger partial charge in [-0.15, -0.1) is 0 Å². The Morgan fingerprint density at radius 3 is 2.30 bits per heavy atom. The highest BCUT2D eigenvalue weighted by Crippen LogP contribution is 2.37. The quantitative estimate of drug-likeness (QED) is 0.344. The van der Waals surface area contributed by atoms with Crippen molar-refractivity contribution < 1.29 is 18.8 Å². The maximum atomic E-state index is 11.7. The lowest BCUT2D eigenvalue weighted by Crippen LogP contribution is -2.41. The molecule has 0 amide bonds. The number of carbonyl (C=O) groups excluding carboxylic acids is 1. The maximum absolute atomic E-state index is 11.7. The Bertz CT molecular complexity index is 535. The van der Waals surface area contributed by atoms with Crippen LogP contribution in [-0.4, -0.2) is 24.3 Å². The molecule has 1 saturated heterocycles. The number of esters is 1. The molecular formula is C18H25BO4. The van der Waals surface area contributed by atoms with Crippen LogP contribution in [0, 0.1) is 0 Å². The summed E-state index contributed by atoms with van der Waals surface area (Å²) in [5.41, 5.74) is -0.601. The molecule has 1 aliphatic heterocycles. The van der Waals surface area contributed by atoms with Crippen LogP contribution in [0.4, 0.5) is 0 Å². The standard InChI is InChI=1S/C18H25BO4/c1-17(2)18(3,4)23-19(22-17)14-10-6-9-13-16(20)21-15-11-7-5-8-12-15/h5-8,10-12H,9,13-14H2,1-4H3/b10-6-. The molecule has 0 saturated carbocycles. The van der Waals surface area contributed by atoms with Gasteiger partial charge in [-0.25, -0.2) is 0 Å². The first-order chi connectivity index (χ1) is 10.8. The number of carbonyl (C=O) groups is 1. The van der Waals surface area contributed by atoms with Gasteiger partial charge in [-0.05, 0) is 46.2 Å². The molecule has 1 aromatic carbocycles. The fourth-order valence-electron chi connectivity index (χ4n) is 2.26. The molecule has 0 bridgehead atoms. The molecule has 0 spiro atoms. The Morgan fingerprint density at radius 1 is 1.09 bits per heavy atom. The van der Waals surface area contributed by atoms with E-state index in [1.165, 1.54) is 0 Å². The number of rotatable bonds is 6. The van der Waals surface area contributed by atoms with Crippen LogP contribution >= 0.6 is 0 Å². The molecule has 0 aromatic heterocycles. The fraction of sp³-hybridized carbons (Fsp3) is 0.500. The highest BCUT2D eigenvalue weighted by molar-refractivity contribution is 6.46.